The number of alkyl halides is 3. The molecule has 8 heteroatoms. The zero-order chi connectivity index (χ0) is 9.12. The van der Waals surface area contributed by atoms with Gasteiger partial charge in [-0.3, -0.25) is 0 Å². The van der Waals surface area contributed by atoms with Crippen LogP contribution >= 0.6 is 34.8 Å². The van der Waals surface area contributed by atoms with E-state index in [1.807, 2.05) is 4.72 Å². The van der Waals surface area contributed by atoms with Gasteiger partial charge < -0.3 is 5.73 Å². The minimum atomic E-state index is -3.89. The van der Waals surface area contributed by atoms with Crippen LogP contribution in [0.1, 0.15) is 0 Å². The van der Waals surface area contributed by atoms with E-state index < -0.39 is 13.1 Å². The smallest absolute Gasteiger partial charge is 0.306 e. The summed E-state index contributed by atoms with van der Waals surface area (Å²) >= 11 is 15.3. The van der Waals surface area contributed by atoms with Crippen LogP contribution in [0, 0.1) is 0 Å². The Kier molecular flexibility index (Phi) is 4.39. The van der Waals surface area contributed by atoms with Crippen molar-refractivity contribution < 1.29 is 8.42 Å². The second kappa shape index (κ2) is 4.11. The molecule has 0 fully saturated rings. The molecule has 0 aromatic carbocycles. The first-order valence-corrected chi connectivity index (χ1v) is 5.19. The SMILES string of the molecule is NCCNS(=O)(=O)C(Cl)(Cl)Cl. The molecule has 0 rings (SSSR count). The molecule has 3 N–H and O–H groups in total. The van der Waals surface area contributed by atoms with Crippen molar-refractivity contribution in [2.75, 3.05) is 13.1 Å². The molecule has 0 heterocycles. The van der Waals surface area contributed by atoms with Gasteiger partial charge in [0.25, 0.3) is 10.0 Å². The quantitative estimate of drug-likeness (QED) is 0.693. The summed E-state index contributed by atoms with van der Waals surface area (Å²) in [5.41, 5.74) is 5.02. The van der Waals surface area contributed by atoms with Crippen LogP contribution in [0.25, 0.3) is 0 Å². The lowest BCUT2D eigenvalue weighted by atomic mass is 10.7. The summed E-state index contributed by atoms with van der Waals surface area (Å²) in [6.45, 7) is 0.205. The van der Waals surface area contributed by atoms with Crippen molar-refractivity contribution in [3.05, 3.63) is 0 Å². The van der Waals surface area contributed by atoms with Crippen molar-refractivity contribution in [3.8, 4) is 0 Å². The number of nitrogens with two attached hydrogens (primary N) is 1. The van der Waals surface area contributed by atoms with Gasteiger partial charge in [0.05, 0.1) is 0 Å². The number of rotatable bonds is 3. The van der Waals surface area contributed by atoms with E-state index in [4.69, 9.17) is 40.5 Å². The van der Waals surface area contributed by atoms with E-state index in [2.05, 4.69) is 0 Å². The molecule has 0 amide bonds. The van der Waals surface area contributed by atoms with Crippen molar-refractivity contribution in [3.63, 3.8) is 0 Å². The van der Waals surface area contributed by atoms with E-state index in [0.717, 1.165) is 0 Å². The summed E-state index contributed by atoms with van der Waals surface area (Å²) < 4.78 is 21.4. The van der Waals surface area contributed by atoms with Crippen molar-refractivity contribution in [2.45, 2.75) is 3.12 Å². The summed E-state index contributed by atoms with van der Waals surface area (Å²) in [5, 5.41) is 0. The van der Waals surface area contributed by atoms with E-state index in [-0.39, 0.29) is 13.1 Å². The van der Waals surface area contributed by atoms with Gasteiger partial charge >= 0.3 is 3.12 Å². The lowest BCUT2D eigenvalue weighted by molar-refractivity contribution is 0.582. The molecule has 0 spiro atoms. The minimum absolute atomic E-state index is 0.0518. The Morgan fingerprint density at radius 1 is 1.36 bits per heavy atom. The van der Waals surface area contributed by atoms with Crippen LogP contribution in [-0.2, 0) is 10.0 Å². The maximum absolute atomic E-state index is 10.8. The van der Waals surface area contributed by atoms with E-state index in [9.17, 15) is 8.42 Å². The first-order chi connectivity index (χ1) is 4.81. The molecule has 0 aromatic rings. The third-order valence-electron chi connectivity index (χ3n) is 0.741. The Balaban J connectivity index is 4.26. The molecule has 0 atom stereocenters. The van der Waals surface area contributed by atoms with Crippen LogP contribution < -0.4 is 10.5 Å². The first kappa shape index (κ1) is 11.7. The number of nitrogens with one attached hydrogen (secondary N) is 1. The van der Waals surface area contributed by atoms with Crippen LogP contribution in [0.5, 0.6) is 0 Å². The monoisotopic (exact) mass is 240 g/mol. The lowest BCUT2D eigenvalue weighted by Gasteiger charge is -2.11. The Hall–Kier alpha value is 0.740. The first-order valence-electron chi connectivity index (χ1n) is 2.57. The molecule has 0 aliphatic carbocycles. The maximum atomic E-state index is 10.8. The van der Waals surface area contributed by atoms with Gasteiger partial charge in [0, 0.05) is 13.1 Å². The highest BCUT2D eigenvalue weighted by atomic mass is 35.6. The summed E-state index contributed by atoms with van der Waals surface area (Å²) in [6.07, 6.45) is 0. The molecule has 0 bridgehead atoms. The van der Waals surface area contributed by atoms with Gasteiger partial charge in [0.15, 0.2) is 0 Å². The predicted molar refractivity (Wildman–Crippen MR) is 46.3 cm³/mol. The van der Waals surface area contributed by atoms with Crippen LogP contribution in [0.4, 0.5) is 0 Å². The van der Waals surface area contributed by atoms with Gasteiger partial charge in [0.1, 0.15) is 0 Å². The molecule has 68 valence electrons. The summed E-state index contributed by atoms with van der Waals surface area (Å²) in [6, 6.07) is 0. The summed E-state index contributed by atoms with van der Waals surface area (Å²) in [5.74, 6) is 0. The normalized spacial score (nSPS) is 13.5. The highest BCUT2D eigenvalue weighted by Gasteiger charge is 2.37. The van der Waals surface area contributed by atoms with Gasteiger partial charge in [-0.15, -0.1) is 0 Å². The topological polar surface area (TPSA) is 72.2 Å². The summed E-state index contributed by atoms with van der Waals surface area (Å²) in [7, 11) is -3.89. The van der Waals surface area contributed by atoms with E-state index >= 15 is 0 Å². The number of halogens is 3. The van der Waals surface area contributed by atoms with E-state index in [0.29, 0.717) is 0 Å². The largest absolute Gasteiger partial charge is 0.329 e. The zero-order valence-electron chi connectivity index (χ0n) is 5.35. The van der Waals surface area contributed by atoms with Crippen LogP contribution in [0.2, 0.25) is 0 Å². The van der Waals surface area contributed by atoms with Crippen LogP contribution in [0.3, 0.4) is 0 Å². The Bertz CT molecular complexity index is 209. The maximum Gasteiger partial charge on any atom is 0.306 e. The van der Waals surface area contributed by atoms with Crippen molar-refractivity contribution in [1.82, 2.24) is 4.72 Å². The molecule has 0 aliphatic rings. The number of hydrogen-bond acceptors (Lipinski definition) is 3. The fourth-order valence-electron chi connectivity index (χ4n) is 0.275. The molecule has 0 unspecified atom stereocenters. The molecule has 0 saturated carbocycles. The average Bonchev–Trinajstić information content (AvgIpc) is 1.81. The van der Waals surface area contributed by atoms with Gasteiger partial charge in [-0.05, 0) is 0 Å². The van der Waals surface area contributed by atoms with Gasteiger partial charge in [-0.1, -0.05) is 34.8 Å². The molecule has 0 aromatic heterocycles. The van der Waals surface area contributed by atoms with Crippen molar-refractivity contribution in [1.29, 1.82) is 0 Å². The second-order valence-electron chi connectivity index (χ2n) is 1.63. The second-order valence-corrected chi connectivity index (χ2v) is 6.49. The zero-order valence-corrected chi connectivity index (χ0v) is 8.43. The molecule has 11 heavy (non-hydrogen) atoms. The number of sulfonamides is 1. The third-order valence-corrected chi connectivity index (χ3v) is 3.76. The van der Waals surface area contributed by atoms with Crippen molar-refractivity contribution in [2.24, 2.45) is 5.73 Å². The van der Waals surface area contributed by atoms with Crippen LogP contribution in [-0.4, -0.2) is 24.6 Å². The Labute approximate surface area is 80.0 Å². The fourth-order valence-corrected chi connectivity index (χ4v) is 1.32. The molecule has 4 nitrogen and oxygen atoms in total. The standard InChI is InChI=1S/C3H7Cl3N2O2S/c4-3(5,6)11(9,10)8-2-1-7/h8H,1-2,7H2. The Morgan fingerprint density at radius 2 is 1.82 bits per heavy atom. The molecule has 0 aliphatic heterocycles. The highest BCUT2D eigenvalue weighted by Crippen LogP contribution is 2.31. The highest BCUT2D eigenvalue weighted by molar-refractivity contribution is 7.95. The molecular formula is C3H7Cl3N2O2S. The van der Waals surface area contributed by atoms with Crippen molar-refractivity contribution >= 4 is 44.8 Å². The predicted octanol–water partition coefficient (Wildman–Crippen LogP) is 0.192. The molecular weight excluding hydrogens is 234 g/mol. The minimum Gasteiger partial charge on any atom is -0.329 e. The van der Waals surface area contributed by atoms with Gasteiger partial charge in [0.2, 0.25) is 0 Å². The average molecular weight is 242 g/mol. The lowest BCUT2D eigenvalue weighted by Crippen LogP contribution is -2.37. The molecule has 0 radical (unpaired) electrons. The van der Waals surface area contributed by atoms with E-state index in [1.165, 1.54) is 0 Å². The third kappa shape index (κ3) is 3.78. The fraction of sp³-hybridized carbons (Fsp3) is 1.00. The van der Waals surface area contributed by atoms with Gasteiger partial charge in [-0.2, -0.15) is 0 Å². The Morgan fingerprint density at radius 3 is 2.09 bits per heavy atom. The number of hydrogen-bond donors (Lipinski definition) is 2. The van der Waals surface area contributed by atoms with Gasteiger partial charge in [-0.25, -0.2) is 13.1 Å². The molecule has 0 saturated heterocycles. The van der Waals surface area contributed by atoms with Crippen LogP contribution in [0.15, 0.2) is 0 Å². The van der Waals surface area contributed by atoms with E-state index in [1.54, 1.807) is 0 Å². The summed E-state index contributed by atoms with van der Waals surface area (Å²) in [4.78, 5) is 0.